The van der Waals surface area contributed by atoms with Crippen LogP contribution in [-0.4, -0.2) is 22.0 Å². The molecule has 0 aromatic rings. The van der Waals surface area contributed by atoms with E-state index < -0.39 is 0 Å². The maximum atomic E-state index is 2.36. The van der Waals surface area contributed by atoms with E-state index in [1.165, 1.54) is 11.5 Å². The highest BCUT2D eigenvalue weighted by Crippen LogP contribution is 2.39. The highest BCUT2D eigenvalue weighted by atomic mass is 32.2. The van der Waals surface area contributed by atoms with E-state index >= 15 is 0 Å². The van der Waals surface area contributed by atoms with Crippen molar-refractivity contribution in [1.29, 1.82) is 0 Å². The molecule has 0 radical (unpaired) electrons. The van der Waals surface area contributed by atoms with Crippen molar-refractivity contribution in [3.63, 3.8) is 0 Å². The molecular formula is C10H20S2. The first-order chi connectivity index (χ1) is 5.63. The normalized spacial score (nSPS) is 31.5. The number of thioether (sulfide) groups is 2. The van der Waals surface area contributed by atoms with Crippen molar-refractivity contribution in [1.82, 2.24) is 0 Å². The Morgan fingerprint density at radius 3 is 1.42 bits per heavy atom. The molecule has 0 aromatic carbocycles. The molecule has 1 aliphatic rings. The van der Waals surface area contributed by atoms with Gasteiger partial charge in [-0.15, -0.1) is 0 Å². The Morgan fingerprint density at radius 1 is 0.833 bits per heavy atom. The van der Waals surface area contributed by atoms with Gasteiger partial charge in [0.15, 0.2) is 0 Å². The van der Waals surface area contributed by atoms with Crippen molar-refractivity contribution in [2.45, 2.75) is 38.2 Å². The Morgan fingerprint density at radius 2 is 1.17 bits per heavy atom. The predicted molar refractivity (Wildman–Crippen MR) is 62.2 cm³/mol. The molecule has 0 bridgehead atoms. The summed E-state index contributed by atoms with van der Waals surface area (Å²) >= 11 is 4.37. The lowest BCUT2D eigenvalue weighted by molar-refractivity contribution is 0.502. The van der Waals surface area contributed by atoms with Crippen molar-refractivity contribution in [3.8, 4) is 0 Å². The van der Waals surface area contributed by atoms with Crippen LogP contribution in [0.5, 0.6) is 0 Å². The zero-order chi connectivity index (χ0) is 9.14. The molecule has 2 heteroatoms. The minimum atomic E-state index is 0.843. The van der Waals surface area contributed by atoms with Gasteiger partial charge in [-0.25, -0.2) is 0 Å². The van der Waals surface area contributed by atoms with Crippen molar-refractivity contribution >= 4 is 23.5 Å². The molecule has 72 valence electrons. The van der Waals surface area contributed by atoms with Crippen molar-refractivity contribution in [2.75, 3.05) is 11.5 Å². The van der Waals surface area contributed by atoms with E-state index in [1.54, 1.807) is 0 Å². The molecule has 1 heterocycles. The summed E-state index contributed by atoms with van der Waals surface area (Å²) in [4.78, 5) is 0. The van der Waals surface area contributed by atoms with Gasteiger partial charge in [0.1, 0.15) is 0 Å². The lowest BCUT2D eigenvalue weighted by Crippen LogP contribution is -2.33. The van der Waals surface area contributed by atoms with Gasteiger partial charge in [-0.1, -0.05) is 27.7 Å². The molecule has 0 nitrogen and oxygen atoms in total. The molecule has 12 heavy (non-hydrogen) atoms. The number of hydrogen-bond donors (Lipinski definition) is 0. The average Bonchev–Trinajstić information content (AvgIpc) is 2.04. The molecule has 0 aromatic heterocycles. The van der Waals surface area contributed by atoms with Gasteiger partial charge in [0.2, 0.25) is 0 Å². The first-order valence-electron chi connectivity index (χ1n) is 4.86. The quantitative estimate of drug-likeness (QED) is 0.675. The highest BCUT2D eigenvalue weighted by Gasteiger charge is 2.30. The third-order valence-electron chi connectivity index (χ3n) is 2.34. The number of hydrogen-bond acceptors (Lipinski definition) is 2. The second-order valence-corrected chi connectivity index (χ2v) is 6.73. The molecule has 0 saturated carbocycles. The zero-order valence-corrected chi connectivity index (χ0v) is 10.2. The molecular weight excluding hydrogens is 184 g/mol. The van der Waals surface area contributed by atoms with E-state index in [1.807, 2.05) is 0 Å². The predicted octanol–water partition coefficient (Wildman–Crippen LogP) is 3.52. The molecule has 0 spiro atoms. The van der Waals surface area contributed by atoms with Crippen molar-refractivity contribution < 1.29 is 0 Å². The van der Waals surface area contributed by atoms with Crippen LogP contribution in [0.15, 0.2) is 0 Å². The van der Waals surface area contributed by atoms with Gasteiger partial charge in [0, 0.05) is 22.0 Å². The van der Waals surface area contributed by atoms with Crippen LogP contribution in [0.1, 0.15) is 27.7 Å². The standard InChI is InChI=1S/C10H20S2/c1-7(2)9-10(8(3)4)12-6-5-11-9/h7-10H,5-6H2,1-4H3. The molecule has 2 atom stereocenters. The van der Waals surface area contributed by atoms with Gasteiger partial charge in [-0.2, -0.15) is 23.5 Å². The van der Waals surface area contributed by atoms with Gasteiger partial charge in [0.25, 0.3) is 0 Å². The largest absolute Gasteiger partial charge is 0.156 e. The topological polar surface area (TPSA) is 0 Å². The SMILES string of the molecule is CC(C)C1SCCSC1C(C)C. The summed E-state index contributed by atoms with van der Waals surface area (Å²) in [5.41, 5.74) is 0. The van der Waals surface area contributed by atoms with Crippen molar-refractivity contribution in [2.24, 2.45) is 11.8 Å². The Bertz CT molecular complexity index is 116. The van der Waals surface area contributed by atoms with E-state index in [4.69, 9.17) is 0 Å². The summed E-state index contributed by atoms with van der Waals surface area (Å²) in [6.45, 7) is 9.44. The van der Waals surface area contributed by atoms with Crippen LogP contribution in [0.2, 0.25) is 0 Å². The molecule has 2 unspecified atom stereocenters. The Labute approximate surface area is 85.3 Å². The average molecular weight is 204 g/mol. The third kappa shape index (κ3) is 2.59. The fourth-order valence-electron chi connectivity index (χ4n) is 1.70. The van der Waals surface area contributed by atoms with E-state index in [0.29, 0.717) is 0 Å². The zero-order valence-electron chi connectivity index (χ0n) is 8.54. The van der Waals surface area contributed by atoms with Crippen LogP contribution in [0.4, 0.5) is 0 Å². The molecule has 0 amide bonds. The van der Waals surface area contributed by atoms with Gasteiger partial charge < -0.3 is 0 Å². The van der Waals surface area contributed by atoms with Crippen molar-refractivity contribution in [3.05, 3.63) is 0 Å². The first-order valence-corrected chi connectivity index (χ1v) is 6.96. The summed E-state index contributed by atoms with van der Waals surface area (Å²) in [5, 5.41) is 1.78. The third-order valence-corrected chi connectivity index (χ3v) is 6.10. The minimum Gasteiger partial charge on any atom is -0.156 e. The van der Waals surface area contributed by atoms with Crippen LogP contribution in [0, 0.1) is 11.8 Å². The minimum absolute atomic E-state index is 0.843. The molecule has 1 rings (SSSR count). The second-order valence-electron chi connectivity index (χ2n) is 4.16. The van der Waals surface area contributed by atoms with E-state index in [-0.39, 0.29) is 0 Å². The lowest BCUT2D eigenvalue weighted by atomic mass is 9.99. The maximum absolute atomic E-state index is 2.36. The summed E-state index contributed by atoms with van der Waals surface area (Å²) in [6.07, 6.45) is 0. The Balaban J connectivity index is 2.54. The molecule has 1 aliphatic heterocycles. The summed E-state index contributed by atoms with van der Waals surface area (Å²) in [6, 6.07) is 0. The van der Waals surface area contributed by atoms with E-state index in [0.717, 1.165) is 22.3 Å². The number of rotatable bonds is 2. The van der Waals surface area contributed by atoms with Gasteiger partial charge in [-0.3, -0.25) is 0 Å². The molecule has 1 saturated heterocycles. The fraction of sp³-hybridized carbons (Fsp3) is 1.00. The van der Waals surface area contributed by atoms with Crippen LogP contribution >= 0.6 is 23.5 Å². The van der Waals surface area contributed by atoms with E-state index in [2.05, 4.69) is 51.2 Å². The summed E-state index contributed by atoms with van der Waals surface area (Å²) in [5.74, 6) is 4.40. The Kier molecular flexibility index (Phi) is 4.31. The van der Waals surface area contributed by atoms with Crippen LogP contribution in [0.25, 0.3) is 0 Å². The monoisotopic (exact) mass is 204 g/mol. The summed E-state index contributed by atoms with van der Waals surface area (Å²) in [7, 11) is 0. The second kappa shape index (κ2) is 4.80. The smallest absolute Gasteiger partial charge is 0.0192 e. The van der Waals surface area contributed by atoms with Crippen LogP contribution < -0.4 is 0 Å². The Hall–Kier alpha value is 0.700. The molecule has 1 fully saturated rings. The van der Waals surface area contributed by atoms with Crippen LogP contribution in [0.3, 0.4) is 0 Å². The van der Waals surface area contributed by atoms with Gasteiger partial charge in [0.05, 0.1) is 0 Å². The lowest BCUT2D eigenvalue weighted by Gasteiger charge is -2.35. The maximum Gasteiger partial charge on any atom is 0.0192 e. The van der Waals surface area contributed by atoms with E-state index in [9.17, 15) is 0 Å². The summed E-state index contributed by atoms with van der Waals surface area (Å²) < 4.78 is 0. The fourth-order valence-corrected chi connectivity index (χ4v) is 5.26. The highest BCUT2D eigenvalue weighted by molar-refractivity contribution is 8.07. The first kappa shape index (κ1) is 10.8. The molecule has 0 N–H and O–H groups in total. The van der Waals surface area contributed by atoms with Gasteiger partial charge in [-0.05, 0) is 11.8 Å². The molecule has 0 aliphatic carbocycles. The van der Waals surface area contributed by atoms with Gasteiger partial charge >= 0.3 is 0 Å². The van der Waals surface area contributed by atoms with Crippen LogP contribution in [-0.2, 0) is 0 Å².